The van der Waals surface area contributed by atoms with Crippen molar-refractivity contribution in [3.63, 3.8) is 0 Å². The average molecular weight is 804 g/mol. The number of nitrogens with two attached hydrogens (primary N) is 1. The molecule has 2 atom stereocenters. The summed E-state index contributed by atoms with van der Waals surface area (Å²) in [5.74, 6) is -0.811. The molecule has 55 heavy (non-hydrogen) atoms. The first-order valence-electron chi connectivity index (χ1n) is 23.5. The van der Waals surface area contributed by atoms with Crippen LogP contribution in [0.5, 0.6) is 0 Å². The van der Waals surface area contributed by atoms with Gasteiger partial charge >= 0.3 is 19.8 Å². The zero-order valence-electron chi connectivity index (χ0n) is 36.2. The number of carbonyl (C=O) groups is 2. The molecule has 0 rings (SSSR count). The molecular formula is C45H90NO8P. The molecule has 328 valence electrons. The van der Waals surface area contributed by atoms with Crippen LogP contribution in [0.4, 0.5) is 0 Å². The fourth-order valence-corrected chi connectivity index (χ4v) is 7.76. The summed E-state index contributed by atoms with van der Waals surface area (Å²) in [6.45, 7) is 3.78. The van der Waals surface area contributed by atoms with E-state index in [4.69, 9.17) is 24.3 Å². The molecule has 0 aromatic heterocycles. The summed E-state index contributed by atoms with van der Waals surface area (Å²) in [5, 5.41) is 0. The average Bonchev–Trinajstić information content (AvgIpc) is 3.17. The van der Waals surface area contributed by atoms with E-state index in [1.165, 1.54) is 180 Å². The zero-order chi connectivity index (χ0) is 40.3. The largest absolute Gasteiger partial charge is 0.472 e. The molecule has 2 unspecified atom stereocenters. The number of phosphoric ester groups is 1. The molecular weight excluding hydrogens is 713 g/mol. The maximum Gasteiger partial charge on any atom is 0.472 e. The Bertz CT molecular complexity index is 876. The second-order valence-corrected chi connectivity index (χ2v) is 17.4. The van der Waals surface area contributed by atoms with Crippen molar-refractivity contribution in [2.24, 2.45) is 5.73 Å². The van der Waals surface area contributed by atoms with E-state index in [0.29, 0.717) is 6.42 Å². The third-order valence-corrected chi connectivity index (χ3v) is 11.5. The Morgan fingerprint density at radius 1 is 0.473 bits per heavy atom. The van der Waals surface area contributed by atoms with Crippen molar-refractivity contribution in [2.45, 2.75) is 251 Å². The van der Waals surface area contributed by atoms with Crippen LogP contribution in [0.25, 0.3) is 0 Å². The van der Waals surface area contributed by atoms with Crippen LogP contribution in [0.15, 0.2) is 0 Å². The van der Waals surface area contributed by atoms with Crippen LogP contribution in [0, 0.1) is 0 Å². The maximum absolute atomic E-state index is 12.6. The molecule has 0 aliphatic rings. The molecule has 0 saturated carbocycles. The van der Waals surface area contributed by atoms with Gasteiger partial charge in [0, 0.05) is 19.4 Å². The molecule has 0 bridgehead atoms. The number of unbranched alkanes of at least 4 members (excludes halogenated alkanes) is 32. The van der Waals surface area contributed by atoms with Crippen LogP contribution in [0.1, 0.15) is 245 Å². The highest BCUT2D eigenvalue weighted by atomic mass is 31.2. The summed E-state index contributed by atoms with van der Waals surface area (Å²) in [6.07, 6.45) is 42.8. The van der Waals surface area contributed by atoms with Gasteiger partial charge in [-0.05, 0) is 12.8 Å². The molecule has 0 amide bonds. The molecule has 0 saturated heterocycles. The maximum atomic E-state index is 12.6. The van der Waals surface area contributed by atoms with Gasteiger partial charge < -0.3 is 20.1 Å². The van der Waals surface area contributed by atoms with E-state index in [2.05, 4.69) is 13.8 Å². The van der Waals surface area contributed by atoms with Crippen LogP contribution in [0.2, 0.25) is 0 Å². The molecule has 0 aromatic rings. The number of esters is 2. The van der Waals surface area contributed by atoms with Crippen LogP contribution >= 0.6 is 7.82 Å². The van der Waals surface area contributed by atoms with Crippen LogP contribution in [-0.4, -0.2) is 49.3 Å². The van der Waals surface area contributed by atoms with Crippen molar-refractivity contribution in [2.75, 3.05) is 26.4 Å². The number of ether oxygens (including phenoxy) is 2. The van der Waals surface area contributed by atoms with E-state index in [-0.39, 0.29) is 38.6 Å². The number of hydrogen-bond donors (Lipinski definition) is 2. The molecule has 10 heteroatoms. The SMILES string of the molecule is CCCCCCCCCCCCCCCCCCCCCCCCC(=O)OC(COC(=O)CCCCCCCCCCCCCC)COP(=O)(O)OCCN. The van der Waals surface area contributed by atoms with E-state index < -0.39 is 26.5 Å². The zero-order valence-corrected chi connectivity index (χ0v) is 37.1. The van der Waals surface area contributed by atoms with Gasteiger partial charge in [-0.3, -0.25) is 18.6 Å². The fourth-order valence-electron chi connectivity index (χ4n) is 6.99. The van der Waals surface area contributed by atoms with Gasteiger partial charge in [0.05, 0.1) is 13.2 Å². The first-order chi connectivity index (χ1) is 26.8. The second kappa shape index (κ2) is 42.6. The Morgan fingerprint density at radius 2 is 0.782 bits per heavy atom. The monoisotopic (exact) mass is 804 g/mol. The first kappa shape index (κ1) is 54.0. The normalized spacial score (nSPS) is 13.2. The molecule has 0 aliphatic heterocycles. The van der Waals surface area contributed by atoms with Gasteiger partial charge in [0.1, 0.15) is 6.61 Å². The molecule has 3 N–H and O–H groups in total. The van der Waals surface area contributed by atoms with E-state index in [1.807, 2.05) is 0 Å². The Kier molecular flexibility index (Phi) is 41.8. The topological polar surface area (TPSA) is 134 Å². The van der Waals surface area contributed by atoms with Crippen molar-refractivity contribution >= 4 is 19.8 Å². The number of carbonyl (C=O) groups excluding carboxylic acids is 2. The Morgan fingerprint density at radius 3 is 1.11 bits per heavy atom. The Balaban J connectivity index is 3.99. The third-order valence-electron chi connectivity index (χ3n) is 10.5. The van der Waals surface area contributed by atoms with Gasteiger partial charge in [-0.25, -0.2) is 4.57 Å². The van der Waals surface area contributed by atoms with Gasteiger partial charge in [-0.1, -0.05) is 219 Å². The molecule has 0 heterocycles. The van der Waals surface area contributed by atoms with Crippen molar-refractivity contribution in [3.8, 4) is 0 Å². The summed E-state index contributed by atoms with van der Waals surface area (Å²) in [4.78, 5) is 34.9. The predicted octanol–water partition coefficient (Wildman–Crippen LogP) is 13.6. The molecule has 0 spiro atoms. The van der Waals surface area contributed by atoms with E-state index in [0.717, 1.165) is 32.1 Å². The minimum Gasteiger partial charge on any atom is -0.462 e. The smallest absolute Gasteiger partial charge is 0.462 e. The lowest BCUT2D eigenvalue weighted by molar-refractivity contribution is -0.161. The van der Waals surface area contributed by atoms with Crippen LogP contribution in [-0.2, 0) is 32.7 Å². The standard InChI is InChI=1S/C45H90NO8P/c1-3-5-7-9-11-13-15-17-18-19-20-21-22-23-24-25-26-28-30-32-34-36-38-45(48)54-43(42-53-55(49,50)52-40-39-46)41-51-44(47)37-35-33-31-29-27-16-14-12-10-8-6-4-2/h43H,3-42,46H2,1-2H3,(H,49,50). The lowest BCUT2D eigenvalue weighted by Gasteiger charge is -2.19. The van der Waals surface area contributed by atoms with Crippen LogP contribution < -0.4 is 5.73 Å². The predicted molar refractivity (Wildman–Crippen MR) is 229 cm³/mol. The summed E-state index contributed by atoms with van der Waals surface area (Å²) in [6, 6.07) is 0. The minimum atomic E-state index is -4.37. The highest BCUT2D eigenvalue weighted by Gasteiger charge is 2.26. The number of rotatable bonds is 45. The highest BCUT2D eigenvalue weighted by molar-refractivity contribution is 7.47. The van der Waals surface area contributed by atoms with Crippen molar-refractivity contribution in [3.05, 3.63) is 0 Å². The van der Waals surface area contributed by atoms with Gasteiger partial charge in [0.15, 0.2) is 6.10 Å². The highest BCUT2D eigenvalue weighted by Crippen LogP contribution is 2.43. The van der Waals surface area contributed by atoms with E-state index in [9.17, 15) is 19.0 Å². The quantitative estimate of drug-likeness (QED) is 0.0350. The van der Waals surface area contributed by atoms with Crippen LogP contribution in [0.3, 0.4) is 0 Å². The molecule has 0 aliphatic carbocycles. The molecule has 0 fully saturated rings. The van der Waals surface area contributed by atoms with E-state index in [1.54, 1.807) is 0 Å². The van der Waals surface area contributed by atoms with Gasteiger partial charge in [-0.2, -0.15) is 0 Å². The van der Waals surface area contributed by atoms with Crippen molar-refractivity contribution in [1.82, 2.24) is 0 Å². The fraction of sp³-hybridized carbons (Fsp3) is 0.956. The Labute approximate surface area is 339 Å². The number of phosphoric acid groups is 1. The summed E-state index contributed by atoms with van der Waals surface area (Å²) in [5.41, 5.74) is 5.35. The van der Waals surface area contributed by atoms with Crippen molar-refractivity contribution < 1.29 is 37.6 Å². The first-order valence-corrected chi connectivity index (χ1v) is 25.0. The molecule has 0 radical (unpaired) electrons. The lowest BCUT2D eigenvalue weighted by Crippen LogP contribution is -2.29. The van der Waals surface area contributed by atoms with Crippen molar-refractivity contribution in [1.29, 1.82) is 0 Å². The van der Waals surface area contributed by atoms with E-state index >= 15 is 0 Å². The van der Waals surface area contributed by atoms with Gasteiger partial charge in [-0.15, -0.1) is 0 Å². The molecule has 0 aromatic carbocycles. The minimum absolute atomic E-state index is 0.0581. The lowest BCUT2D eigenvalue weighted by atomic mass is 10.0. The summed E-state index contributed by atoms with van der Waals surface area (Å²) < 4.78 is 32.8. The second-order valence-electron chi connectivity index (χ2n) is 16.0. The molecule has 9 nitrogen and oxygen atoms in total. The third kappa shape index (κ3) is 42.4. The van der Waals surface area contributed by atoms with Gasteiger partial charge in [0.25, 0.3) is 0 Å². The summed E-state index contributed by atoms with van der Waals surface area (Å²) >= 11 is 0. The number of hydrogen-bond acceptors (Lipinski definition) is 8. The Hall–Kier alpha value is -0.990. The van der Waals surface area contributed by atoms with Gasteiger partial charge in [0.2, 0.25) is 0 Å². The summed E-state index contributed by atoms with van der Waals surface area (Å²) in [7, 11) is -4.37.